The second-order valence-corrected chi connectivity index (χ2v) is 5.00. The molecular formula is C12H13BrN2O. The topological polar surface area (TPSA) is 52.9 Å². The number of nitriles is 1. The van der Waals surface area contributed by atoms with Crippen molar-refractivity contribution in [2.24, 2.45) is 0 Å². The fraction of sp³-hybridized carbons (Fsp3) is 0.333. The van der Waals surface area contributed by atoms with E-state index in [-0.39, 0.29) is 5.91 Å². The van der Waals surface area contributed by atoms with Crippen LogP contribution in [0.4, 0.5) is 0 Å². The number of halogens is 1. The lowest BCUT2D eigenvalue weighted by Crippen LogP contribution is -2.42. The van der Waals surface area contributed by atoms with Gasteiger partial charge in [0, 0.05) is 4.47 Å². The molecule has 0 aliphatic carbocycles. The van der Waals surface area contributed by atoms with Gasteiger partial charge >= 0.3 is 0 Å². The van der Waals surface area contributed by atoms with E-state index >= 15 is 0 Å². The molecule has 16 heavy (non-hydrogen) atoms. The van der Waals surface area contributed by atoms with Crippen LogP contribution in [-0.4, -0.2) is 11.4 Å². The molecular weight excluding hydrogens is 268 g/mol. The lowest BCUT2D eigenvalue weighted by atomic mass is 10.1. The number of amides is 1. The van der Waals surface area contributed by atoms with E-state index in [0.29, 0.717) is 6.42 Å². The average Bonchev–Trinajstić information content (AvgIpc) is 2.21. The zero-order chi connectivity index (χ0) is 12.2. The molecule has 4 heteroatoms. The second kappa shape index (κ2) is 5.13. The molecule has 0 saturated carbocycles. The highest BCUT2D eigenvalue weighted by Crippen LogP contribution is 2.11. The third-order valence-electron chi connectivity index (χ3n) is 2.01. The summed E-state index contributed by atoms with van der Waals surface area (Å²) in [5.74, 6) is -0.145. The van der Waals surface area contributed by atoms with Gasteiger partial charge in [0.15, 0.2) is 0 Å². The molecule has 3 nitrogen and oxygen atoms in total. The Labute approximate surface area is 104 Å². The van der Waals surface area contributed by atoms with Crippen molar-refractivity contribution in [2.75, 3.05) is 0 Å². The maximum absolute atomic E-state index is 11.6. The standard InChI is InChI=1S/C12H13BrN2O/c1-12(2,8-14)15-11(16)7-9-3-5-10(13)6-4-9/h3-6H,7H2,1-2H3,(H,15,16). The molecule has 1 rings (SSSR count). The molecule has 0 radical (unpaired) electrons. The predicted octanol–water partition coefficient (Wildman–Crippen LogP) is 2.41. The number of hydrogen-bond acceptors (Lipinski definition) is 2. The number of carbonyl (C=O) groups excluding carboxylic acids is 1. The van der Waals surface area contributed by atoms with Crippen molar-refractivity contribution in [1.29, 1.82) is 5.26 Å². The summed E-state index contributed by atoms with van der Waals surface area (Å²) >= 11 is 3.33. The number of hydrogen-bond donors (Lipinski definition) is 1. The molecule has 0 bridgehead atoms. The van der Waals surface area contributed by atoms with Crippen LogP contribution in [0.3, 0.4) is 0 Å². The molecule has 0 fully saturated rings. The number of benzene rings is 1. The summed E-state index contributed by atoms with van der Waals surface area (Å²) in [4.78, 5) is 11.6. The van der Waals surface area contributed by atoms with Crippen LogP contribution in [0.25, 0.3) is 0 Å². The average molecular weight is 281 g/mol. The van der Waals surface area contributed by atoms with Crippen molar-refractivity contribution in [2.45, 2.75) is 25.8 Å². The number of rotatable bonds is 3. The minimum atomic E-state index is -0.813. The quantitative estimate of drug-likeness (QED) is 0.925. The Hall–Kier alpha value is -1.34. The first-order valence-corrected chi connectivity index (χ1v) is 5.69. The Morgan fingerprint density at radius 3 is 2.50 bits per heavy atom. The van der Waals surface area contributed by atoms with Crippen LogP contribution < -0.4 is 5.32 Å². The predicted molar refractivity (Wildman–Crippen MR) is 65.7 cm³/mol. The summed E-state index contributed by atoms with van der Waals surface area (Å²) in [5, 5.41) is 11.4. The smallest absolute Gasteiger partial charge is 0.225 e. The first kappa shape index (κ1) is 12.7. The van der Waals surface area contributed by atoms with E-state index in [0.717, 1.165) is 10.0 Å². The van der Waals surface area contributed by atoms with Crippen molar-refractivity contribution in [3.8, 4) is 6.07 Å². The van der Waals surface area contributed by atoms with Gasteiger partial charge in [0.1, 0.15) is 5.54 Å². The van der Waals surface area contributed by atoms with Gasteiger partial charge in [-0.25, -0.2) is 0 Å². The van der Waals surface area contributed by atoms with Crippen LogP contribution in [0.1, 0.15) is 19.4 Å². The third-order valence-corrected chi connectivity index (χ3v) is 2.54. The molecule has 0 unspecified atom stereocenters. The molecule has 1 amide bonds. The minimum Gasteiger partial charge on any atom is -0.338 e. The summed E-state index contributed by atoms with van der Waals surface area (Å²) in [5.41, 5.74) is 0.112. The molecule has 84 valence electrons. The van der Waals surface area contributed by atoms with E-state index in [1.54, 1.807) is 13.8 Å². The van der Waals surface area contributed by atoms with E-state index in [1.165, 1.54) is 0 Å². The van der Waals surface area contributed by atoms with Crippen LogP contribution in [0.2, 0.25) is 0 Å². The van der Waals surface area contributed by atoms with Crippen molar-refractivity contribution in [3.05, 3.63) is 34.3 Å². The van der Waals surface area contributed by atoms with Crippen LogP contribution >= 0.6 is 15.9 Å². The maximum Gasteiger partial charge on any atom is 0.225 e. The van der Waals surface area contributed by atoms with Gasteiger partial charge < -0.3 is 5.32 Å². The maximum atomic E-state index is 11.6. The number of carbonyl (C=O) groups is 1. The van der Waals surface area contributed by atoms with E-state index < -0.39 is 5.54 Å². The summed E-state index contributed by atoms with van der Waals surface area (Å²) in [6.45, 7) is 3.35. The molecule has 0 aliphatic heterocycles. The highest BCUT2D eigenvalue weighted by molar-refractivity contribution is 9.10. The van der Waals surface area contributed by atoms with Crippen molar-refractivity contribution in [1.82, 2.24) is 5.32 Å². The highest BCUT2D eigenvalue weighted by Gasteiger charge is 2.18. The van der Waals surface area contributed by atoms with E-state index in [9.17, 15) is 4.79 Å². The molecule has 0 aromatic heterocycles. The Morgan fingerprint density at radius 2 is 2.00 bits per heavy atom. The summed E-state index contributed by atoms with van der Waals surface area (Å²) in [7, 11) is 0. The fourth-order valence-electron chi connectivity index (χ4n) is 1.21. The van der Waals surface area contributed by atoms with Gasteiger partial charge in [-0.2, -0.15) is 5.26 Å². The molecule has 1 aromatic carbocycles. The van der Waals surface area contributed by atoms with Crippen LogP contribution in [0.5, 0.6) is 0 Å². The minimum absolute atomic E-state index is 0.145. The highest BCUT2D eigenvalue weighted by atomic mass is 79.9. The second-order valence-electron chi connectivity index (χ2n) is 4.09. The summed E-state index contributed by atoms with van der Waals surface area (Å²) < 4.78 is 0.981. The lowest BCUT2D eigenvalue weighted by Gasteiger charge is -2.17. The summed E-state index contributed by atoms with van der Waals surface area (Å²) in [6, 6.07) is 9.56. The van der Waals surface area contributed by atoms with Crippen molar-refractivity contribution >= 4 is 21.8 Å². The van der Waals surface area contributed by atoms with E-state index in [1.807, 2.05) is 30.3 Å². The van der Waals surface area contributed by atoms with Gasteiger partial charge in [-0.15, -0.1) is 0 Å². The summed E-state index contributed by atoms with van der Waals surface area (Å²) in [6.07, 6.45) is 0.290. The zero-order valence-corrected chi connectivity index (χ0v) is 10.8. The molecule has 0 saturated heterocycles. The van der Waals surface area contributed by atoms with Gasteiger partial charge in [0.25, 0.3) is 0 Å². The SMILES string of the molecule is CC(C)(C#N)NC(=O)Cc1ccc(Br)cc1. The molecule has 1 N–H and O–H groups in total. The zero-order valence-electron chi connectivity index (χ0n) is 9.25. The number of nitrogens with one attached hydrogen (secondary N) is 1. The van der Waals surface area contributed by atoms with Gasteiger partial charge in [0.2, 0.25) is 5.91 Å². The number of nitrogens with zero attached hydrogens (tertiary/aromatic N) is 1. The molecule has 0 spiro atoms. The monoisotopic (exact) mass is 280 g/mol. The Bertz CT molecular complexity index is 418. The van der Waals surface area contributed by atoms with Gasteiger partial charge in [0.05, 0.1) is 12.5 Å². The lowest BCUT2D eigenvalue weighted by molar-refractivity contribution is -0.121. The molecule has 1 aromatic rings. The first-order valence-electron chi connectivity index (χ1n) is 4.90. The van der Waals surface area contributed by atoms with Crippen molar-refractivity contribution in [3.63, 3.8) is 0 Å². The normalized spacial score (nSPS) is 10.6. The van der Waals surface area contributed by atoms with Crippen LogP contribution in [0.15, 0.2) is 28.7 Å². The van der Waals surface area contributed by atoms with Gasteiger partial charge in [-0.1, -0.05) is 28.1 Å². The molecule has 0 heterocycles. The Morgan fingerprint density at radius 1 is 1.44 bits per heavy atom. The van der Waals surface area contributed by atoms with Crippen LogP contribution in [0, 0.1) is 11.3 Å². The third kappa shape index (κ3) is 4.03. The molecule has 0 atom stereocenters. The van der Waals surface area contributed by atoms with Gasteiger partial charge in [-0.3, -0.25) is 4.79 Å². The Balaban J connectivity index is 2.59. The van der Waals surface area contributed by atoms with Crippen LogP contribution in [-0.2, 0) is 11.2 Å². The van der Waals surface area contributed by atoms with Gasteiger partial charge in [-0.05, 0) is 31.5 Å². The first-order chi connectivity index (χ1) is 7.43. The molecule has 0 aliphatic rings. The van der Waals surface area contributed by atoms with E-state index in [2.05, 4.69) is 21.2 Å². The van der Waals surface area contributed by atoms with E-state index in [4.69, 9.17) is 5.26 Å². The van der Waals surface area contributed by atoms with Crippen molar-refractivity contribution < 1.29 is 4.79 Å². The Kier molecular flexibility index (Phi) is 4.08. The fourth-order valence-corrected chi connectivity index (χ4v) is 1.47. The largest absolute Gasteiger partial charge is 0.338 e.